The number of nitrogens with two attached hydrogens (primary N) is 1. The second-order valence-corrected chi connectivity index (χ2v) is 4.63. The minimum absolute atomic E-state index is 0.318. The van der Waals surface area contributed by atoms with Crippen LogP contribution in [0.2, 0.25) is 0 Å². The summed E-state index contributed by atoms with van der Waals surface area (Å²) in [6.07, 6.45) is 0. The van der Waals surface area contributed by atoms with Crippen LogP contribution in [0.15, 0.2) is 36.4 Å². The van der Waals surface area contributed by atoms with E-state index in [0.717, 1.165) is 5.56 Å². The lowest BCUT2D eigenvalue weighted by Crippen LogP contribution is -2.14. The van der Waals surface area contributed by atoms with Gasteiger partial charge in [-0.05, 0) is 49.7 Å². The Morgan fingerprint density at radius 3 is 2.76 bits per heavy atom. The van der Waals surface area contributed by atoms with Crippen molar-refractivity contribution in [1.29, 1.82) is 0 Å². The highest BCUT2D eigenvalue weighted by Crippen LogP contribution is 2.27. The summed E-state index contributed by atoms with van der Waals surface area (Å²) in [5.41, 5.74) is 7.64. The molecule has 0 aliphatic heterocycles. The van der Waals surface area contributed by atoms with Crippen LogP contribution >= 0.6 is 0 Å². The first-order valence-electron chi connectivity index (χ1n) is 6.61. The molecule has 0 spiro atoms. The fraction of sp³-hybridized carbons (Fsp3) is 0.188. The maximum absolute atomic E-state index is 13.3. The Kier molecular flexibility index (Phi) is 4.42. The quantitative estimate of drug-likeness (QED) is 0.848. The van der Waals surface area contributed by atoms with Gasteiger partial charge in [-0.3, -0.25) is 4.79 Å². The van der Waals surface area contributed by atoms with E-state index in [1.165, 1.54) is 12.1 Å². The Hall–Kier alpha value is -2.56. The number of anilines is 2. The summed E-state index contributed by atoms with van der Waals surface area (Å²) >= 11 is 0. The van der Waals surface area contributed by atoms with Gasteiger partial charge >= 0.3 is 0 Å². The van der Waals surface area contributed by atoms with Gasteiger partial charge in [-0.15, -0.1) is 0 Å². The fourth-order valence-electron chi connectivity index (χ4n) is 2.05. The van der Waals surface area contributed by atoms with Crippen molar-refractivity contribution in [2.75, 3.05) is 17.7 Å². The summed E-state index contributed by atoms with van der Waals surface area (Å²) in [4.78, 5) is 12.3. The van der Waals surface area contributed by atoms with Crippen LogP contribution in [-0.4, -0.2) is 12.5 Å². The minimum atomic E-state index is -0.400. The van der Waals surface area contributed by atoms with Crippen LogP contribution in [0.5, 0.6) is 5.75 Å². The molecular weight excluding hydrogens is 271 g/mol. The molecule has 21 heavy (non-hydrogen) atoms. The molecule has 4 nitrogen and oxygen atoms in total. The Bertz CT molecular complexity index is 651. The zero-order chi connectivity index (χ0) is 15.4. The Morgan fingerprint density at radius 1 is 1.33 bits per heavy atom. The van der Waals surface area contributed by atoms with Gasteiger partial charge in [-0.1, -0.05) is 6.07 Å². The predicted molar refractivity (Wildman–Crippen MR) is 81.1 cm³/mol. The topological polar surface area (TPSA) is 64.3 Å². The molecule has 0 aliphatic carbocycles. The number of halogens is 1. The summed E-state index contributed by atoms with van der Waals surface area (Å²) < 4.78 is 18.8. The molecule has 0 fully saturated rings. The lowest BCUT2D eigenvalue weighted by atomic mass is 10.1. The van der Waals surface area contributed by atoms with Gasteiger partial charge in [0.05, 0.1) is 17.9 Å². The molecule has 0 atom stereocenters. The van der Waals surface area contributed by atoms with Crippen molar-refractivity contribution < 1.29 is 13.9 Å². The number of ether oxygens (including phenoxy) is 1. The predicted octanol–water partition coefficient (Wildman–Crippen LogP) is 3.37. The van der Waals surface area contributed by atoms with E-state index >= 15 is 0 Å². The summed E-state index contributed by atoms with van der Waals surface area (Å²) in [6.45, 7) is 3.96. The molecule has 3 N–H and O–H groups in total. The molecule has 1 amide bonds. The third-order valence-electron chi connectivity index (χ3n) is 2.88. The lowest BCUT2D eigenvalue weighted by Gasteiger charge is -2.13. The van der Waals surface area contributed by atoms with Crippen molar-refractivity contribution in [3.05, 3.63) is 53.3 Å². The first-order chi connectivity index (χ1) is 10.0. The number of carbonyl (C=O) groups excluding carboxylic acids is 1. The van der Waals surface area contributed by atoms with Gasteiger partial charge in [0.1, 0.15) is 5.82 Å². The van der Waals surface area contributed by atoms with Crippen LogP contribution in [0.3, 0.4) is 0 Å². The summed E-state index contributed by atoms with van der Waals surface area (Å²) in [6, 6.07) is 9.29. The molecule has 110 valence electrons. The molecule has 0 heterocycles. The highest BCUT2D eigenvalue weighted by molar-refractivity contribution is 6.07. The summed E-state index contributed by atoms with van der Waals surface area (Å²) in [7, 11) is 0. The molecule has 5 heteroatoms. The third kappa shape index (κ3) is 3.51. The molecule has 0 aromatic heterocycles. The normalized spacial score (nSPS) is 10.2. The van der Waals surface area contributed by atoms with Crippen molar-refractivity contribution >= 4 is 17.3 Å². The lowest BCUT2D eigenvalue weighted by molar-refractivity contribution is 0.102. The standard InChI is InChI=1S/C16H17FN2O2/c1-3-21-15-13(5-4-6-14(15)18)16(20)19-12-8-10(2)7-11(17)9-12/h4-9H,3,18H2,1-2H3,(H,19,20). The molecule has 0 saturated carbocycles. The molecule has 0 radical (unpaired) electrons. The van der Waals surface area contributed by atoms with Gasteiger partial charge in [0, 0.05) is 5.69 Å². The summed E-state index contributed by atoms with van der Waals surface area (Å²) in [5, 5.41) is 2.65. The van der Waals surface area contributed by atoms with E-state index in [2.05, 4.69) is 5.32 Å². The fourth-order valence-corrected chi connectivity index (χ4v) is 2.05. The monoisotopic (exact) mass is 288 g/mol. The van der Waals surface area contributed by atoms with Crippen molar-refractivity contribution in [1.82, 2.24) is 0 Å². The first kappa shape index (κ1) is 14.8. The molecule has 2 aromatic rings. The molecule has 0 saturated heterocycles. The van der Waals surface area contributed by atoms with Crippen LogP contribution in [0.25, 0.3) is 0 Å². The number of carbonyl (C=O) groups is 1. The van der Waals surface area contributed by atoms with Crippen molar-refractivity contribution in [3.8, 4) is 5.75 Å². The van der Waals surface area contributed by atoms with Crippen LogP contribution in [0.1, 0.15) is 22.8 Å². The highest BCUT2D eigenvalue weighted by Gasteiger charge is 2.15. The number of para-hydroxylation sites is 1. The molecule has 0 aliphatic rings. The van der Waals surface area contributed by atoms with E-state index in [1.807, 2.05) is 6.92 Å². The number of nitrogen functional groups attached to an aromatic ring is 1. The van der Waals surface area contributed by atoms with Crippen molar-refractivity contribution in [2.24, 2.45) is 0 Å². The Balaban J connectivity index is 2.30. The van der Waals surface area contributed by atoms with Crippen molar-refractivity contribution in [3.63, 3.8) is 0 Å². The van der Waals surface area contributed by atoms with Crippen LogP contribution < -0.4 is 15.8 Å². The molecule has 0 bridgehead atoms. The second kappa shape index (κ2) is 6.26. The number of hydrogen-bond donors (Lipinski definition) is 2. The number of hydrogen-bond acceptors (Lipinski definition) is 3. The van der Waals surface area contributed by atoms with E-state index in [0.29, 0.717) is 29.3 Å². The largest absolute Gasteiger partial charge is 0.491 e. The average molecular weight is 288 g/mol. The van der Waals surface area contributed by atoms with E-state index in [-0.39, 0.29) is 0 Å². The molecule has 2 aromatic carbocycles. The number of nitrogens with one attached hydrogen (secondary N) is 1. The molecule has 0 unspecified atom stereocenters. The maximum Gasteiger partial charge on any atom is 0.259 e. The van der Waals surface area contributed by atoms with Gasteiger partial charge in [-0.25, -0.2) is 4.39 Å². The number of benzene rings is 2. The van der Waals surface area contributed by atoms with E-state index < -0.39 is 11.7 Å². The number of rotatable bonds is 4. The van der Waals surface area contributed by atoms with Crippen LogP contribution in [-0.2, 0) is 0 Å². The van der Waals surface area contributed by atoms with Crippen LogP contribution in [0, 0.1) is 12.7 Å². The smallest absolute Gasteiger partial charge is 0.259 e. The summed E-state index contributed by atoms with van der Waals surface area (Å²) in [5.74, 6) is -0.454. The van der Waals surface area contributed by atoms with Gasteiger partial charge in [0.2, 0.25) is 0 Å². The van der Waals surface area contributed by atoms with Crippen LogP contribution in [0.4, 0.5) is 15.8 Å². The van der Waals surface area contributed by atoms with E-state index in [4.69, 9.17) is 10.5 Å². The van der Waals surface area contributed by atoms with Crippen molar-refractivity contribution in [2.45, 2.75) is 13.8 Å². The highest BCUT2D eigenvalue weighted by atomic mass is 19.1. The van der Waals surface area contributed by atoms with E-state index in [9.17, 15) is 9.18 Å². The van der Waals surface area contributed by atoms with E-state index in [1.54, 1.807) is 31.2 Å². The Morgan fingerprint density at radius 2 is 2.10 bits per heavy atom. The SMILES string of the molecule is CCOc1c(N)cccc1C(=O)Nc1cc(C)cc(F)c1. The maximum atomic E-state index is 13.3. The second-order valence-electron chi connectivity index (χ2n) is 4.63. The zero-order valence-corrected chi connectivity index (χ0v) is 11.9. The molecular formula is C16H17FN2O2. The first-order valence-corrected chi connectivity index (χ1v) is 6.61. The zero-order valence-electron chi connectivity index (χ0n) is 11.9. The number of aryl methyl sites for hydroxylation is 1. The molecule has 2 rings (SSSR count). The average Bonchev–Trinajstić information content (AvgIpc) is 2.40. The third-order valence-corrected chi connectivity index (χ3v) is 2.88. The Labute approximate surface area is 122 Å². The minimum Gasteiger partial charge on any atom is -0.491 e. The van der Waals surface area contributed by atoms with Gasteiger partial charge in [0.15, 0.2) is 5.75 Å². The number of amides is 1. The van der Waals surface area contributed by atoms with Gasteiger partial charge in [0.25, 0.3) is 5.91 Å². The van der Waals surface area contributed by atoms with Gasteiger partial charge < -0.3 is 15.8 Å². The van der Waals surface area contributed by atoms with Gasteiger partial charge in [-0.2, -0.15) is 0 Å².